The fourth-order valence-electron chi connectivity index (χ4n) is 2.06. The number of benzene rings is 2. The number of esters is 1. The van der Waals surface area contributed by atoms with Gasteiger partial charge in [-0.3, -0.25) is 0 Å². The molecule has 0 fully saturated rings. The van der Waals surface area contributed by atoms with Crippen LogP contribution >= 0.6 is 0 Å². The number of hydrogen-bond donors (Lipinski definition) is 0. The lowest BCUT2D eigenvalue weighted by atomic mass is 10.1. The lowest BCUT2D eigenvalue weighted by molar-refractivity contribution is 0.0734. The maximum absolute atomic E-state index is 12.1. The van der Waals surface area contributed by atoms with Crippen molar-refractivity contribution < 1.29 is 9.53 Å². The molecule has 0 radical (unpaired) electrons. The van der Waals surface area contributed by atoms with Gasteiger partial charge in [-0.05, 0) is 26.0 Å². The first-order valence-electron chi connectivity index (χ1n) is 7.30. The van der Waals surface area contributed by atoms with Crippen molar-refractivity contribution in [3.8, 4) is 17.1 Å². The molecule has 0 aliphatic heterocycles. The van der Waals surface area contributed by atoms with Gasteiger partial charge in [0.2, 0.25) is 0 Å². The highest BCUT2D eigenvalue weighted by molar-refractivity contribution is 5.90. The molecular weight excluding hydrogens is 288 g/mol. The number of aryl methyl sites for hydroxylation is 2. The number of rotatable bonds is 3. The summed E-state index contributed by atoms with van der Waals surface area (Å²) in [5.74, 6) is 0.615. The molecule has 4 heteroatoms. The summed E-state index contributed by atoms with van der Waals surface area (Å²) >= 11 is 0. The molecule has 114 valence electrons. The van der Waals surface area contributed by atoms with E-state index >= 15 is 0 Å². The smallest absolute Gasteiger partial charge is 0.346 e. The number of carbonyl (C=O) groups excluding carboxylic acids is 1. The quantitative estimate of drug-likeness (QED) is 0.542. The second-order valence-corrected chi connectivity index (χ2v) is 5.36. The van der Waals surface area contributed by atoms with Crippen LogP contribution in [0.15, 0.2) is 60.9 Å². The van der Waals surface area contributed by atoms with Gasteiger partial charge in [-0.1, -0.05) is 47.5 Å². The van der Waals surface area contributed by atoms with Crippen LogP contribution in [0.25, 0.3) is 11.4 Å². The van der Waals surface area contributed by atoms with Gasteiger partial charge in [0.1, 0.15) is 5.75 Å². The van der Waals surface area contributed by atoms with E-state index in [0.29, 0.717) is 17.1 Å². The first-order valence-corrected chi connectivity index (χ1v) is 7.30. The van der Waals surface area contributed by atoms with Crippen molar-refractivity contribution in [3.05, 3.63) is 77.6 Å². The van der Waals surface area contributed by atoms with Gasteiger partial charge in [0.15, 0.2) is 5.82 Å². The van der Waals surface area contributed by atoms with Gasteiger partial charge in [-0.15, -0.1) is 0 Å². The van der Waals surface area contributed by atoms with Crippen LogP contribution in [-0.2, 0) is 0 Å². The SMILES string of the molecule is Cc1ccc(OC(=O)c2cnc(-c3ccc(C)cc3)nc2)cc1. The maximum atomic E-state index is 12.1. The normalized spacial score (nSPS) is 10.3. The molecule has 0 bridgehead atoms. The standard InChI is InChI=1S/C19H16N2O2/c1-13-3-7-15(8-4-13)18-20-11-16(12-21-18)19(22)23-17-9-5-14(2)6-10-17/h3-12H,1-2H3. The van der Waals surface area contributed by atoms with Crippen LogP contribution in [-0.4, -0.2) is 15.9 Å². The minimum absolute atomic E-state index is 0.321. The molecule has 0 N–H and O–H groups in total. The Morgan fingerprint density at radius 1 is 0.826 bits per heavy atom. The van der Waals surface area contributed by atoms with E-state index < -0.39 is 5.97 Å². The van der Waals surface area contributed by atoms with Crippen molar-refractivity contribution in [3.63, 3.8) is 0 Å². The van der Waals surface area contributed by atoms with Crippen LogP contribution in [0.4, 0.5) is 0 Å². The molecule has 0 saturated heterocycles. The molecule has 1 aromatic heterocycles. The monoisotopic (exact) mass is 304 g/mol. The molecule has 0 atom stereocenters. The Labute approximate surface area is 134 Å². The van der Waals surface area contributed by atoms with E-state index in [4.69, 9.17) is 4.74 Å². The molecule has 0 aliphatic rings. The largest absolute Gasteiger partial charge is 0.423 e. The van der Waals surface area contributed by atoms with E-state index in [0.717, 1.165) is 11.1 Å². The van der Waals surface area contributed by atoms with E-state index in [1.54, 1.807) is 12.1 Å². The van der Waals surface area contributed by atoms with Crippen LogP contribution in [0.1, 0.15) is 21.5 Å². The molecule has 0 amide bonds. The van der Waals surface area contributed by atoms with Crippen molar-refractivity contribution in [1.82, 2.24) is 9.97 Å². The van der Waals surface area contributed by atoms with Gasteiger partial charge in [-0.25, -0.2) is 14.8 Å². The topological polar surface area (TPSA) is 52.1 Å². The third-order valence-corrected chi connectivity index (χ3v) is 3.43. The van der Waals surface area contributed by atoms with E-state index in [2.05, 4.69) is 9.97 Å². The maximum Gasteiger partial charge on any atom is 0.346 e. The zero-order chi connectivity index (χ0) is 16.2. The Hall–Kier alpha value is -3.01. The Balaban J connectivity index is 1.74. The van der Waals surface area contributed by atoms with E-state index in [1.165, 1.54) is 18.0 Å². The highest BCUT2D eigenvalue weighted by Gasteiger charge is 2.10. The van der Waals surface area contributed by atoms with Gasteiger partial charge < -0.3 is 4.74 Å². The highest BCUT2D eigenvalue weighted by atomic mass is 16.5. The van der Waals surface area contributed by atoms with Crippen molar-refractivity contribution in [2.45, 2.75) is 13.8 Å². The number of hydrogen-bond acceptors (Lipinski definition) is 4. The molecular formula is C19H16N2O2. The van der Waals surface area contributed by atoms with Gasteiger partial charge >= 0.3 is 5.97 Å². The lowest BCUT2D eigenvalue weighted by Crippen LogP contribution is -2.09. The zero-order valence-corrected chi connectivity index (χ0v) is 13.0. The third kappa shape index (κ3) is 3.61. The summed E-state index contributed by atoms with van der Waals surface area (Å²) in [4.78, 5) is 20.6. The molecule has 0 aliphatic carbocycles. The molecule has 0 saturated carbocycles. The van der Waals surface area contributed by atoms with Crippen molar-refractivity contribution in [1.29, 1.82) is 0 Å². The predicted octanol–water partition coefficient (Wildman–Crippen LogP) is 3.98. The summed E-state index contributed by atoms with van der Waals surface area (Å²) in [5.41, 5.74) is 3.51. The predicted molar refractivity (Wildman–Crippen MR) is 88.3 cm³/mol. The van der Waals surface area contributed by atoms with Crippen LogP contribution in [0, 0.1) is 13.8 Å². The van der Waals surface area contributed by atoms with Gasteiger partial charge in [0, 0.05) is 18.0 Å². The molecule has 1 heterocycles. The minimum atomic E-state index is -0.468. The van der Waals surface area contributed by atoms with Crippen molar-refractivity contribution in [2.24, 2.45) is 0 Å². The van der Waals surface area contributed by atoms with Crippen LogP contribution in [0.3, 0.4) is 0 Å². The number of nitrogens with zero attached hydrogens (tertiary/aromatic N) is 2. The summed E-state index contributed by atoms with van der Waals surface area (Å²) in [6, 6.07) is 15.2. The summed E-state index contributed by atoms with van der Waals surface area (Å²) in [7, 11) is 0. The van der Waals surface area contributed by atoms with E-state index in [-0.39, 0.29) is 0 Å². The third-order valence-electron chi connectivity index (χ3n) is 3.43. The van der Waals surface area contributed by atoms with E-state index in [9.17, 15) is 4.79 Å². The van der Waals surface area contributed by atoms with Crippen molar-refractivity contribution in [2.75, 3.05) is 0 Å². The van der Waals surface area contributed by atoms with Crippen LogP contribution in [0.2, 0.25) is 0 Å². The molecule has 0 spiro atoms. The van der Waals surface area contributed by atoms with Gasteiger partial charge in [-0.2, -0.15) is 0 Å². The molecule has 2 aromatic carbocycles. The fraction of sp³-hybridized carbons (Fsp3) is 0.105. The van der Waals surface area contributed by atoms with Crippen LogP contribution in [0.5, 0.6) is 5.75 Å². The van der Waals surface area contributed by atoms with Gasteiger partial charge in [0.25, 0.3) is 0 Å². The minimum Gasteiger partial charge on any atom is -0.423 e. The second kappa shape index (κ2) is 6.40. The van der Waals surface area contributed by atoms with Gasteiger partial charge in [0.05, 0.1) is 5.56 Å². The summed E-state index contributed by atoms with van der Waals surface area (Å²) in [6.45, 7) is 4.00. The first-order chi connectivity index (χ1) is 11.1. The summed E-state index contributed by atoms with van der Waals surface area (Å²) < 4.78 is 5.30. The molecule has 0 unspecified atom stereocenters. The van der Waals surface area contributed by atoms with E-state index in [1.807, 2.05) is 50.2 Å². The highest BCUT2D eigenvalue weighted by Crippen LogP contribution is 2.16. The average molecular weight is 304 g/mol. The second-order valence-electron chi connectivity index (χ2n) is 5.36. The molecule has 4 nitrogen and oxygen atoms in total. The summed E-state index contributed by atoms with van der Waals surface area (Å²) in [6.07, 6.45) is 2.97. The Morgan fingerprint density at radius 2 is 1.35 bits per heavy atom. The van der Waals surface area contributed by atoms with Crippen LogP contribution < -0.4 is 4.74 Å². The number of carbonyl (C=O) groups is 1. The Kier molecular flexibility index (Phi) is 4.15. The van der Waals surface area contributed by atoms with Crippen molar-refractivity contribution >= 4 is 5.97 Å². The average Bonchev–Trinajstić information content (AvgIpc) is 2.58. The molecule has 3 aromatic rings. The first kappa shape index (κ1) is 14.9. The zero-order valence-electron chi connectivity index (χ0n) is 13.0. The molecule has 23 heavy (non-hydrogen) atoms. The fourth-order valence-corrected chi connectivity index (χ4v) is 2.06. The summed E-state index contributed by atoms with van der Waals surface area (Å²) in [5, 5.41) is 0. The molecule has 3 rings (SSSR count). The Morgan fingerprint density at radius 3 is 1.91 bits per heavy atom. The number of aromatic nitrogens is 2. The Bertz CT molecular complexity index is 807. The lowest BCUT2D eigenvalue weighted by Gasteiger charge is -2.05. The number of ether oxygens (including phenoxy) is 1.